The minimum Gasteiger partial charge on any atom is -0.285 e. The predicted molar refractivity (Wildman–Crippen MR) is 68.2 cm³/mol. The number of hydrogen-bond donors (Lipinski definition) is 1. The highest BCUT2D eigenvalue weighted by atomic mass is 79.9. The minimum atomic E-state index is -3.46. The van der Waals surface area contributed by atoms with Gasteiger partial charge in [0, 0.05) is 11.5 Å². The number of hydrogen-bond acceptors (Lipinski definition) is 4. The Balaban J connectivity index is 2.39. The molecular formula is C10H13BrN2O4S. The van der Waals surface area contributed by atoms with Gasteiger partial charge in [0.15, 0.2) is 0 Å². The Kier molecular flexibility index (Phi) is 3.37. The molecule has 18 heavy (non-hydrogen) atoms. The molecule has 8 heteroatoms. The zero-order valence-corrected chi connectivity index (χ0v) is 12.3. The zero-order chi connectivity index (χ0) is 13.7. The molecule has 0 aromatic carbocycles. The Morgan fingerprint density at radius 2 is 2.00 bits per heavy atom. The fourth-order valence-corrected chi connectivity index (χ4v) is 3.90. The lowest BCUT2D eigenvalue weighted by atomic mass is 9.82. The number of carbonyl (C=O) groups is 2. The molecule has 0 saturated carbocycles. The van der Waals surface area contributed by atoms with E-state index in [2.05, 4.69) is 20.7 Å². The van der Waals surface area contributed by atoms with Crippen molar-refractivity contribution in [3.63, 3.8) is 0 Å². The third-order valence-corrected chi connectivity index (χ3v) is 4.76. The fraction of sp³-hybridized carbons (Fsp3) is 0.600. The van der Waals surface area contributed by atoms with Crippen LogP contribution in [-0.2, 0) is 19.6 Å². The van der Waals surface area contributed by atoms with Gasteiger partial charge in [-0.25, -0.2) is 13.1 Å². The van der Waals surface area contributed by atoms with Crippen LogP contribution < -0.4 is 4.72 Å². The molecular weight excluding hydrogens is 324 g/mol. The van der Waals surface area contributed by atoms with Crippen LogP contribution in [0.25, 0.3) is 0 Å². The molecule has 3 atom stereocenters. The first kappa shape index (κ1) is 13.7. The predicted octanol–water partition coefficient (Wildman–Crippen LogP) is -0.182. The summed E-state index contributed by atoms with van der Waals surface area (Å²) < 4.78 is 25.7. The van der Waals surface area contributed by atoms with Crippen molar-refractivity contribution in [3.05, 3.63) is 10.6 Å². The van der Waals surface area contributed by atoms with E-state index in [1.165, 1.54) is 7.05 Å². The molecule has 0 radical (unpaired) electrons. The summed E-state index contributed by atoms with van der Waals surface area (Å²) in [7, 11) is -2.03. The summed E-state index contributed by atoms with van der Waals surface area (Å²) in [6, 6.07) is -0.694. The first-order chi connectivity index (χ1) is 8.22. The second-order valence-electron chi connectivity index (χ2n) is 4.56. The van der Waals surface area contributed by atoms with Gasteiger partial charge in [-0.2, -0.15) is 0 Å². The first-order valence-electron chi connectivity index (χ1n) is 5.36. The van der Waals surface area contributed by atoms with Crippen molar-refractivity contribution in [2.24, 2.45) is 11.8 Å². The van der Waals surface area contributed by atoms with Crippen LogP contribution in [0.4, 0.5) is 0 Å². The van der Waals surface area contributed by atoms with Crippen LogP contribution in [0.5, 0.6) is 0 Å². The van der Waals surface area contributed by atoms with Crippen LogP contribution in [0.15, 0.2) is 10.6 Å². The number of amides is 2. The van der Waals surface area contributed by atoms with E-state index in [9.17, 15) is 18.0 Å². The number of nitrogens with one attached hydrogen (secondary N) is 1. The normalized spacial score (nSPS) is 32.5. The third kappa shape index (κ3) is 2.24. The lowest BCUT2D eigenvalue weighted by Crippen LogP contribution is -2.46. The molecule has 0 aromatic heterocycles. The van der Waals surface area contributed by atoms with Gasteiger partial charge in [-0.1, -0.05) is 22.0 Å². The van der Waals surface area contributed by atoms with Crippen molar-refractivity contribution >= 4 is 37.8 Å². The van der Waals surface area contributed by atoms with Crippen LogP contribution in [-0.4, -0.2) is 44.5 Å². The van der Waals surface area contributed by atoms with Crippen molar-refractivity contribution in [1.82, 2.24) is 9.62 Å². The van der Waals surface area contributed by atoms with E-state index < -0.39 is 27.9 Å². The van der Waals surface area contributed by atoms with Gasteiger partial charge in [-0.15, -0.1) is 0 Å². The van der Waals surface area contributed by atoms with Crippen LogP contribution in [0.3, 0.4) is 0 Å². The molecule has 100 valence electrons. The van der Waals surface area contributed by atoms with Gasteiger partial charge in [0.1, 0.15) is 0 Å². The number of rotatable bonds is 2. The Morgan fingerprint density at radius 3 is 2.56 bits per heavy atom. The van der Waals surface area contributed by atoms with Crippen molar-refractivity contribution in [3.8, 4) is 0 Å². The van der Waals surface area contributed by atoms with Gasteiger partial charge in [0.2, 0.25) is 21.8 Å². The maximum Gasteiger partial charge on any atom is 0.234 e. The van der Waals surface area contributed by atoms with Gasteiger partial charge in [0.25, 0.3) is 0 Å². The molecule has 1 saturated heterocycles. The highest BCUT2D eigenvalue weighted by Crippen LogP contribution is 2.39. The number of halogens is 1. The maximum absolute atomic E-state index is 12.0. The van der Waals surface area contributed by atoms with E-state index >= 15 is 0 Å². The Bertz CT molecular complexity index is 542. The summed E-state index contributed by atoms with van der Waals surface area (Å²) in [5.41, 5.74) is 0. The molecule has 1 heterocycles. The van der Waals surface area contributed by atoms with Gasteiger partial charge in [0.05, 0.1) is 24.1 Å². The van der Waals surface area contributed by atoms with Crippen molar-refractivity contribution in [2.45, 2.75) is 12.5 Å². The Morgan fingerprint density at radius 1 is 1.39 bits per heavy atom. The number of sulfonamides is 1. The van der Waals surface area contributed by atoms with Crippen LogP contribution in [0.2, 0.25) is 0 Å². The van der Waals surface area contributed by atoms with Gasteiger partial charge in [-0.3, -0.25) is 14.5 Å². The summed E-state index contributed by atoms with van der Waals surface area (Å²) in [6.45, 7) is 0. The molecule has 0 aromatic rings. The van der Waals surface area contributed by atoms with Gasteiger partial charge in [-0.05, 0) is 6.42 Å². The first-order valence-corrected chi connectivity index (χ1v) is 8.05. The number of likely N-dealkylation sites (tertiary alicyclic amines) is 1. The van der Waals surface area contributed by atoms with E-state index in [0.29, 0.717) is 10.9 Å². The molecule has 1 aliphatic heterocycles. The summed E-state index contributed by atoms with van der Waals surface area (Å²) in [5.74, 6) is -1.71. The highest BCUT2D eigenvalue weighted by Gasteiger charge is 2.51. The number of fused-ring (bicyclic) bond motifs is 1. The molecule has 2 aliphatic rings. The average Bonchev–Trinajstić information content (AvgIpc) is 2.46. The number of allylic oxidation sites excluding steroid dienone is 1. The molecule has 6 nitrogen and oxygen atoms in total. The van der Waals surface area contributed by atoms with Crippen LogP contribution >= 0.6 is 15.9 Å². The molecule has 1 N–H and O–H groups in total. The molecule has 1 fully saturated rings. The summed E-state index contributed by atoms with van der Waals surface area (Å²) in [6.07, 6.45) is 3.22. The molecule has 0 bridgehead atoms. The number of nitrogens with zero attached hydrogens (tertiary/aromatic N) is 1. The van der Waals surface area contributed by atoms with E-state index in [1.54, 1.807) is 6.08 Å². The van der Waals surface area contributed by atoms with Crippen molar-refractivity contribution in [1.29, 1.82) is 0 Å². The van der Waals surface area contributed by atoms with Crippen LogP contribution in [0.1, 0.15) is 6.42 Å². The lowest BCUT2D eigenvalue weighted by molar-refractivity contribution is -0.138. The summed E-state index contributed by atoms with van der Waals surface area (Å²) in [4.78, 5) is 24.9. The van der Waals surface area contributed by atoms with Crippen molar-refractivity contribution < 1.29 is 18.0 Å². The average molecular weight is 337 g/mol. The highest BCUT2D eigenvalue weighted by molar-refractivity contribution is 9.11. The monoisotopic (exact) mass is 336 g/mol. The topological polar surface area (TPSA) is 83.6 Å². The maximum atomic E-state index is 12.0. The quantitative estimate of drug-likeness (QED) is 0.709. The van der Waals surface area contributed by atoms with Gasteiger partial charge >= 0.3 is 0 Å². The summed E-state index contributed by atoms with van der Waals surface area (Å²) in [5, 5.41) is 0. The molecule has 2 amide bonds. The molecule has 1 aliphatic carbocycles. The van der Waals surface area contributed by atoms with E-state index in [-0.39, 0.29) is 11.8 Å². The summed E-state index contributed by atoms with van der Waals surface area (Å²) >= 11 is 3.26. The fourth-order valence-electron chi connectivity index (χ4n) is 2.43. The standard InChI is InChI=1S/C10H13BrN2O4S/c1-13-9(14)5-3-4-6(11)8(7(5)10(13)15)12-18(2,16)17/h4-5,7-8,12H,3H2,1-2H3/t5-,7-,8+/m0/s1. The second kappa shape index (κ2) is 4.43. The SMILES string of the molecule is CN1C(=O)[C@H]2[C@H](CC=C(Br)[C@H]2NS(C)(=O)=O)C1=O. The van der Waals surface area contributed by atoms with Gasteiger partial charge < -0.3 is 0 Å². The smallest absolute Gasteiger partial charge is 0.234 e. The van der Waals surface area contributed by atoms with E-state index in [0.717, 1.165) is 11.2 Å². The Hall–Kier alpha value is -0.730. The molecule has 0 unspecified atom stereocenters. The van der Waals surface area contributed by atoms with E-state index in [1.807, 2.05) is 0 Å². The minimum absolute atomic E-state index is 0.249. The van der Waals surface area contributed by atoms with Crippen molar-refractivity contribution in [2.75, 3.05) is 13.3 Å². The van der Waals surface area contributed by atoms with Crippen LogP contribution in [0, 0.1) is 11.8 Å². The second-order valence-corrected chi connectivity index (χ2v) is 7.26. The molecule has 0 spiro atoms. The Labute approximate surface area is 114 Å². The zero-order valence-electron chi connectivity index (χ0n) is 9.88. The lowest BCUT2D eigenvalue weighted by Gasteiger charge is -2.29. The number of carbonyl (C=O) groups excluding carboxylic acids is 2. The largest absolute Gasteiger partial charge is 0.285 e. The third-order valence-electron chi connectivity index (χ3n) is 3.26. The molecule has 2 rings (SSSR count). The van der Waals surface area contributed by atoms with E-state index in [4.69, 9.17) is 0 Å². The number of imide groups is 1.